The van der Waals surface area contributed by atoms with E-state index in [9.17, 15) is 22.4 Å². The normalized spacial score (nSPS) is 16.4. The summed E-state index contributed by atoms with van der Waals surface area (Å²) in [6, 6.07) is 8.55. The van der Waals surface area contributed by atoms with Gasteiger partial charge in [0.05, 0.1) is 23.7 Å². The van der Waals surface area contributed by atoms with Gasteiger partial charge in [-0.2, -0.15) is 4.31 Å². The van der Waals surface area contributed by atoms with Gasteiger partial charge in [-0.05, 0) is 60.7 Å². The quantitative estimate of drug-likeness (QED) is 0.660. The number of halogens is 1. The molecule has 2 aromatic rings. The van der Waals surface area contributed by atoms with Crippen molar-refractivity contribution in [3.8, 4) is 0 Å². The fourth-order valence-corrected chi connectivity index (χ4v) is 5.25. The third-order valence-corrected chi connectivity index (χ3v) is 7.38. The number of sulfonamides is 1. The first-order chi connectivity index (χ1) is 15.3. The first kappa shape index (κ1) is 22.4. The number of anilines is 1. The number of fused-ring (bicyclic) bond motifs is 1. The Morgan fingerprint density at radius 2 is 1.81 bits per heavy atom. The van der Waals surface area contributed by atoms with Gasteiger partial charge in [0.1, 0.15) is 5.82 Å². The van der Waals surface area contributed by atoms with Gasteiger partial charge in [0.25, 0.3) is 5.91 Å². The smallest absolute Gasteiger partial charge is 0.341 e. The molecule has 0 radical (unpaired) electrons. The van der Waals surface area contributed by atoms with Crippen molar-refractivity contribution in [3.05, 3.63) is 58.9 Å². The monoisotopic (exact) mass is 462 g/mol. The lowest BCUT2D eigenvalue weighted by Crippen LogP contribution is -2.40. The molecule has 8 nitrogen and oxygen atoms in total. The minimum absolute atomic E-state index is 0.169. The number of morpholine rings is 1. The Balaban J connectivity index is 1.40. The van der Waals surface area contributed by atoms with E-state index < -0.39 is 39.9 Å². The average molecular weight is 462 g/mol. The molecule has 10 heteroatoms. The van der Waals surface area contributed by atoms with Crippen LogP contribution in [0.5, 0.6) is 0 Å². The fourth-order valence-electron chi connectivity index (χ4n) is 3.81. The van der Waals surface area contributed by atoms with Crippen LogP contribution in [-0.4, -0.2) is 57.5 Å². The van der Waals surface area contributed by atoms with Crippen LogP contribution in [0.4, 0.5) is 10.1 Å². The molecule has 0 atom stereocenters. The molecule has 170 valence electrons. The number of nitrogens with zero attached hydrogens (tertiary/aromatic N) is 1. The summed E-state index contributed by atoms with van der Waals surface area (Å²) in [4.78, 5) is 24.3. The van der Waals surface area contributed by atoms with Crippen LogP contribution in [-0.2, 0) is 37.1 Å². The highest BCUT2D eigenvalue weighted by molar-refractivity contribution is 7.89. The van der Waals surface area contributed by atoms with Crippen LogP contribution in [0.2, 0.25) is 0 Å². The number of rotatable bonds is 6. The highest BCUT2D eigenvalue weighted by Gasteiger charge is 2.28. The molecule has 1 fully saturated rings. The summed E-state index contributed by atoms with van der Waals surface area (Å²) in [6.07, 6.45) is 3.06. The molecular formula is C22H23FN2O6S. The molecule has 0 bridgehead atoms. The van der Waals surface area contributed by atoms with E-state index in [4.69, 9.17) is 9.47 Å². The molecule has 0 unspecified atom stereocenters. The summed E-state index contributed by atoms with van der Waals surface area (Å²) in [5.74, 6) is -2.63. The number of benzene rings is 2. The van der Waals surface area contributed by atoms with Crippen molar-refractivity contribution < 1.29 is 31.9 Å². The lowest BCUT2D eigenvalue weighted by Gasteiger charge is -2.26. The number of hydrogen-bond donors (Lipinski definition) is 1. The molecule has 1 amide bonds. The molecule has 2 aromatic carbocycles. The van der Waals surface area contributed by atoms with Gasteiger partial charge in [0.2, 0.25) is 10.0 Å². The number of carbonyl (C=O) groups is 2. The van der Waals surface area contributed by atoms with Gasteiger partial charge in [-0.25, -0.2) is 17.6 Å². The Labute approximate surface area is 185 Å². The molecule has 2 aliphatic rings. The van der Waals surface area contributed by atoms with E-state index in [0.717, 1.165) is 37.5 Å². The van der Waals surface area contributed by atoms with E-state index >= 15 is 0 Å². The number of esters is 1. The van der Waals surface area contributed by atoms with Crippen LogP contribution >= 0.6 is 0 Å². The van der Waals surface area contributed by atoms with Gasteiger partial charge in [-0.15, -0.1) is 0 Å². The Kier molecular flexibility index (Phi) is 6.54. The lowest BCUT2D eigenvalue weighted by atomic mass is 10.1. The highest BCUT2D eigenvalue weighted by Crippen LogP contribution is 2.25. The number of nitrogens with one attached hydrogen (secondary N) is 1. The van der Waals surface area contributed by atoms with E-state index in [2.05, 4.69) is 5.32 Å². The van der Waals surface area contributed by atoms with Crippen LogP contribution in [0.25, 0.3) is 0 Å². The molecular weight excluding hydrogens is 439 g/mol. The van der Waals surface area contributed by atoms with Crippen LogP contribution in [0.3, 0.4) is 0 Å². The maximum atomic E-state index is 14.2. The van der Waals surface area contributed by atoms with E-state index in [0.29, 0.717) is 5.69 Å². The molecule has 4 rings (SSSR count). The van der Waals surface area contributed by atoms with Crippen molar-refractivity contribution >= 4 is 27.6 Å². The first-order valence-electron chi connectivity index (χ1n) is 10.3. The summed E-state index contributed by atoms with van der Waals surface area (Å²) in [5.41, 5.74) is 2.48. The van der Waals surface area contributed by atoms with Gasteiger partial charge in [0, 0.05) is 18.8 Å². The number of carbonyl (C=O) groups excluding carboxylic acids is 2. The Morgan fingerprint density at radius 1 is 1.06 bits per heavy atom. The van der Waals surface area contributed by atoms with E-state index in [1.54, 1.807) is 6.07 Å². The van der Waals surface area contributed by atoms with E-state index in [-0.39, 0.29) is 31.2 Å². The standard InChI is InChI=1S/C22H23FN2O6S/c23-20-7-6-18(32(28,29)25-8-10-30-11-9-25)13-19(20)22(27)31-14-21(26)24-17-5-4-15-2-1-3-16(15)12-17/h4-7,12-13H,1-3,8-11,14H2,(H,24,26). The van der Waals surface area contributed by atoms with Crippen molar-refractivity contribution in [2.24, 2.45) is 0 Å². The minimum atomic E-state index is -3.91. The average Bonchev–Trinajstić information content (AvgIpc) is 3.26. The number of ether oxygens (including phenoxy) is 2. The molecule has 1 saturated heterocycles. The third-order valence-electron chi connectivity index (χ3n) is 5.48. The molecule has 1 aliphatic carbocycles. The van der Waals surface area contributed by atoms with Gasteiger partial charge in [-0.1, -0.05) is 6.07 Å². The number of amides is 1. The summed E-state index contributed by atoms with van der Waals surface area (Å²) < 4.78 is 51.0. The Hall–Kier alpha value is -2.82. The topological polar surface area (TPSA) is 102 Å². The van der Waals surface area contributed by atoms with Crippen molar-refractivity contribution in [1.29, 1.82) is 0 Å². The van der Waals surface area contributed by atoms with Crippen molar-refractivity contribution in [2.45, 2.75) is 24.2 Å². The Bertz CT molecular complexity index is 1150. The fraction of sp³-hybridized carbons (Fsp3) is 0.364. The van der Waals surface area contributed by atoms with E-state index in [1.807, 2.05) is 12.1 Å². The van der Waals surface area contributed by atoms with Crippen molar-refractivity contribution in [1.82, 2.24) is 4.31 Å². The molecule has 1 heterocycles. The molecule has 0 aromatic heterocycles. The van der Waals surface area contributed by atoms with Crippen LogP contribution in [0.1, 0.15) is 27.9 Å². The predicted molar refractivity (Wildman–Crippen MR) is 113 cm³/mol. The van der Waals surface area contributed by atoms with Gasteiger partial charge in [0.15, 0.2) is 6.61 Å². The zero-order chi connectivity index (χ0) is 22.7. The molecule has 1 aliphatic heterocycles. The summed E-state index contributed by atoms with van der Waals surface area (Å²) >= 11 is 0. The SMILES string of the molecule is O=C(COC(=O)c1cc(S(=O)(=O)N2CCOCC2)ccc1F)Nc1ccc2c(c1)CCC2. The zero-order valence-corrected chi connectivity index (χ0v) is 18.1. The predicted octanol–water partition coefficient (Wildman–Crippen LogP) is 2.13. The lowest BCUT2D eigenvalue weighted by molar-refractivity contribution is -0.119. The zero-order valence-electron chi connectivity index (χ0n) is 17.3. The molecule has 32 heavy (non-hydrogen) atoms. The first-order valence-corrected chi connectivity index (χ1v) is 11.7. The number of hydrogen-bond acceptors (Lipinski definition) is 6. The largest absolute Gasteiger partial charge is 0.452 e. The maximum Gasteiger partial charge on any atom is 0.341 e. The second-order valence-corrected chi connectivity index (χ2v) is 9.56. The maximum absolute atomic E-state index is 14.2. The van der Waals surface area contributed by atoms with Crippen LogP contribution in [0, 0.1) is 5.82 Å². The van der Waals surface area contributed by atoms with Gasteiger partial charge < -0.3 is 14.8 Å². The highest BCUT2D eigenvalue weighted by atomic mass is 32.2. The Morgan fingerprint density at radius 3 is 2.59 bits per heavy atom. The molecule has 1 N–H and O–H groups in total. The summed E-state index contributed by atoms with van der Waals surface area (Å²) in [5, 5.41) is 2.65. The number of aryl methyl sites for hydroxylation is 2. The molecule has 0 saturated carbocycles. The molecule has 0 spiro atoms. The van der Waals surface area contributed by atoms with E-state index in [1.165, 1.54) is 15.4 Å². The summed E-state index contributed by atoms with van der Waals surface area (Å²) in [6.45, 7) is 0.226. The third kappa shape index (κ3) is 4.82. The summed E-state index contributed by atoms with van der Waals surface area (Å²) in [7, 11) is -3.91. The van der Waals surface area contributed by atoms with Gasteiger partial charge >= 0.3 is 5.97 Å². The second kappa shape index (κ2) is 9.35. The minimum Gasteiger partial charge on any atom is -0.452 e. The van der Waals surface area contributed by atoms with Crippen LogP contribution < -0.4 is 5.32 Å². The van der Waals surface area contributed by atoms with Crippen LogP contribution in [0.15, 0.2) is 41.3 Å². The van der Waals surface area contributed by atoms with Gasteiger partial charge in [-0.3, -0.25) is 4.79 Å². The van der Waals surface area contributed by atoms with Crippen molar-refractivity contribution in [3.63, 3.8) is 0 Å². The second-order valence-electron chi connectivity index (χ2n) is 7.62. The van der Waals surface area contributed by atoms with Crippen molar-refractivity contribution in [2.75, 3.05) is 38.2 Å².